The van der Waals surface area contributed by atoms with Crippen LogP contribution < -0.4 is 10.7 Å². The van der Waals surface area contributed by atoms with E-state index < -0.39 is 5.43 Å². The smallest absolute Gasteiger partial charge is 0.223 e. The van der Waals surface area contributed by atoms with Gasteiger partial charge in [-0.25, -0.2) is 4.39 Å². The van der Waals surface area contributed by atoms with Crippen molar-refractivity contribution in [2.24, 2.45) is 13.0 Å². The van der Waals surface area contributed by atoms with Crippen LogP contribution in [0.3, 0.4) is 0 Å². The number of aromatic hydroxyl groups is 1. The predicted molar refractivity (Wildman–Crippen MR) is 89.1 cm³/mol. The van der Waals surface area contributed by atoms with Gasteiger partial charge in [0.15, 0.2) is 5.75 Å². The van der Waals surface area contributed by atoms with Gasteiger partial charge in [-0.15, -0.1) is 0 Å². The van der Waals surface area contributed by atoms with Crippen LogP contribution in [0.2, 0.25) is 0 Å². The first kappa shape index (κ1) is 17.7. The Labute approximate surface area is 139 Å². The molecule has 0 radical (unpaired) electrons. The maximum Gasteiger partial charge on any atom is 0.223 e. The van der Waals surface area contributed by atoms with Gasteiger partial charge in [0.2, 0.25) is 11.3 Å². The van der Waals surface area contributed by atoms with Crippen LogP contribution in [-0.2, 0) is 24.8 Å². The molecule has 2 aromatic rings. The van der Waals surface area contributed by atoms with Crippen LogP contribution in [0.1, 0.15) is 24.6 Å². The molecule has 2 N–H and O–H groups in total. The molecule has 0 spiro atoms. The van der Waals surface area contributed by atoms with E-state index in [1.165, 1.54) is 24.4 Å². The number of benzene rings is 1. The number of pyridine rings is 1. The topological polar surface area (TPSA) is 71.3 Å². The fraction of sp³-hybridized carbons (Fsp3) is 0.333. The van der Waals surface area contributed by atoms with Gasteiger partial charge in [0.05, 0.1) is 6.54 Å². The van der Waals surface area contributed by atoms with E-state index in [0.717, 1.165) is 5.56 Å². The van der Waals surface area contributed by atoms with Crippen molar-refractivity contribution in [2.45, 2.75) is 26.3 Å². The molecule has 0 aliphatic heterocycles. The number of aromatic nitrogens is 1. The van der Waals surface area contributed by atoms with Gasteiger partial charge >= 0.3 is 0 Å². The Kier molecular flexibility index (Phi) is 5.73. The lowest BCUT2D eigenvalue weighted by atomic mass is 9.98. The fourth-order valence-electron chi connectivity index (χ4n) is 2.55. The van der Waals surface area contributed by atoms with Crippen molar-refractivity contribution in [3.63, 3.8) is 0 Å². The summed E-state index contributed by atoms with van der Waals surface area (Å²) in [5.41, 5.74) is 0.983. The van der Waals surface area contributed by atoms with Crippen molar-refractivity contribution in [3.05, 3.63) is 63.8 Å². The third kappa shape index (κ3) is 4.94. The summed E-state index contributed by atoms with van der Waals surface area (Å²) in [7, 11) is 1.69. The molecule has 1 aromatic heterocycles. The Hall–Kier alpha value is -2.63. The second-order valence-corrected chi connectivity index (χ2v) is 6.05. The standard InChI is InChI=1S/C18H21FN2O3/c1-12(6-13-4-3-5-14(19)8-13)7-18(24)20-10-15-9-16(22)17(23)11-21(15)2/h3-5,8-9,11-12,23H,6-7,10H2,1-2H3,(H,20,24). The lowest BCUT2D eigenvalue weighted by Gasteiger charge is -2.13. The van der Waals surface area contributed by atoms with Gasteiger partial charge in [-0.05, 0) is 30.0 Å². The molecular weight excluding hydrogens is 311 g/mol. The monoisotopic (exact) mass is 332 g/mol. The van der Waals surface area contributed by atoms with Crippen molar-refractivity contribution in [1.82, 2.24) is 9.88 Å². The zero-order chi connectivity index (χ0) is 17.7. The minimum atomic E-state index is -0.475. The molecule has 0 aliphatic rings. The molecule has 1 amide bonds. The zero-order valence-electron chi connectivity index (χ0n) is 13.8. The Balaban J connectivity index is 1.87. The second kappa shape index (κ2) is 7.77. The lowest BCUT2D eigenvalue weighted by molar-refractivity contribution is -0.122. The number of aryl methyl sites for hydroxylation is 1. The highest BCUT2D eigenvalue weighted by molar-refractivity contribution is 5.76. The fourth-order valence-corrected chi connectivity index (χ4v) is 2.55. The Morgan fingerprint density at radius 2 is 2.12 bits per heavy atom. The summed E-state index contributed by atoms with van der Waals surface area (Å²) in [6.07, 6.45) is 2.24. The van der Waals surface area contributed by atoms with Crippen LogP contribution in [-0.4, -0.2) is 15.6 Å². The van der Waals surface area contributed by atoms with Crippen molar-refractivity contribution < 1.29 is 14.3 Å². The highest BCUT2D eigenvalue weighted by atomic mass is 19.1. The van der Waals surface area contributed by atoms with Gasteiger partial charge in [0.1, 0.15) is 5.82 Å². The number of hydrogen-bond donors (Lipinski definition) is 2. The van der Waals surface area contributed by atoms with Gasteiger partial charge in [0, 0.05) is 31.4 Å². The number of nitrogens with one attached hydrogen (secondary N) is 1. The molecule has 1 atom stereocenters. The van der Waals surface area contributed by atoms with Crippen molar-refractivity contribution in [3.8, 4) is 5.75 Å². The first-order valence-electron chi connectivity index (χ1n) is 7.75. The maximum atomic E-state index is 13.2. The minimum absolute atomic E-state index is 0.0652. The van der Waals surface area contributed by atoms with Crippen LogP contribution in [0.4, 0.5) is 4.39 Å². The summed E-state index contributed by atoms with van der Waals surface area (Å²) in [5, 5.41) is 12.1. The van der Waals surface area contributed by atoms with E-state index in [-0.39, 0.29) is 29.9 Å². The summed E-state index contributed by atoms with van der Waals surface area (Å²) in [5.74, 6) is -0.677. The molecule has 5 nitrogen and oxygen atoms in total. The minimum Gasteiger partial charge on any atom is -0.503 e. The first-order chi connectivity index (χ1) is 11.3. The number of amides is 1. The molecule has 24 heavy (non-hydrogen) atoms. The van der Waals surface area contributed by atoms with E-state index in [1.54, 1.807) is 17.7 Å². The Morgan fingerprint density at radius 3 is 2.83 bits per heavy atom. The van der Waals surface area contributed by atoms with Crippen LogP contribution in [0, 0.1) is 11.7 Å². The first-order valence-corrected chi connectivity index (χ1v) is 7.75. The zero-order valence-corrected chi connectivity index (χ0v) is 13.8. The van der Waals surface area contributed by atoms with E-state index in [0.29, 0.717) is 18.5 Å². The van der Waals surface area contributed by atoms with E-state index >= 15 is 0 Å². The van der Waals surface area contributed by atoms with E-state index in [9.17, 15) is 19.1 Å². The molecule has 6 heteroatoms. The predicted octanol–water partition coefficient (Wildman–Crippen LogP) is 2.12. The maximum absolute atomic E-state index is 13.2. The van der Waals surface area contributed by atoms with Gasteiger partial charge in [-0.2, -0.15) is 0 Å². The van der Waals surface area contributed by atoms with Crippen LogP contribution >= 0.6 is 0 Å². The number of carbonyl (C=O) groups excluding carboxylic acids is 1. The number of rotatable bonds is 6. The van der Waals surface area contributed by atoms with Gasteiger partial charge in [0.25, 0.3) is 0 Å². The van der Waals surface area contributed by atoms with E-state index in [1.807, 2.05) is 13.0 Å². The average molecular weight is 332 g/mol. The average Bonchev–Trinajstić information content (AvgIpc) is 2.49. The molecule has 1 aromatic carbocycles. The van der Waals surface area contributed by atoms with Gasteiger partial charge < -0.3 is 15.0 Å². The molecule has 1 unspecified atom stereocenters. The quantitative estimate of drug-likeness (QED) is 0.851. The number of halogens is 1. The summed E-state index contributed by atoms with van der Waals surface area (Å²) < 4.78 is 14.8. The van der Waals surface area contributed by atoms with Crippen molar-refractivity contribution >= 4 is 5.91 Å². The van der Waals surface area contributed by atoms with Crippen LogP contribution in [0.5, 0.6) is 5.75 Å². The number of carbonyl (C=O) groups is 1. The summed E-state index contributed by atoms with van der Waals surface area (Å²) >= 11 is 0. The Bertz CT molecular complexity index is 786. The van der Waals surface area contributed by atoms with Crippen molar-refractivity contribution in [2.75, 3.05) is 0 Å². The van der Waals surface area contributed by atoms with E-state index in [2.05, 4.69) is 5.32 Å². The molecule has 128 valence electrons. The number of nitrogens with zero attached hydrogens (tertiary/aromatic N) is 1. The summed E-state index contributed by atoms with van der Waals surface area (Å²) in [4.78, 5) is 23.5. The van der Waals surface area contributed by atoms with E-state index in [4.69, 9.17) is 0 Å². The molecule has 1 heterocycles. The third-order valence-corrected chi connectivity index (χ3v) is 3.79. The Morgan fingerprint density at radius 1 is 1.38 bits per heavy atom. The molecule has 0 bridgehead atoms. The van der Waals surface area contributed by atoms with Crippen LogP contribution in [0.15, 0.2) is 41.3 Å². The highest BCUT2D eigenvalue weighted by Crippen LogP contribution is 2.13. The largest absolute Gasteiger partial charge is 0.503 e. The molecule has 2 rings (SSSR count). The van der Waals surface area contributed by atoms with Gasteiger partial charge in [-0.1, -0.05) is 19.1 Å². The second-order valence-electron chi connectivity index (χ2n) is 6.05. The normalized spacial score (nSPS) is 12.0. The lowest BCUT2D eigenvalue weighted by Crippen LogP contribution is -2.27. The van der Waals surface area contributed by atoms with Gasteiger partial charge in [-0.3, -0.25) is 9.59 Å². The summed E-state index contributed by atoms with van der Waals surface area (Å²) in [6, 6.07) is 7.65. The number of hydrogen-bond acceptors (Lipinski definition) is 3. The van der Waals surface area contributed by atoms with Crippen LogP contribution in [0.25, 0.3) is 0 Å². The van der Waals surface area contributed by atoms with Crippen molar-refractivity contribution in [1.29, 1.82) is 0 Å². The molecule has 0 saturated heterocycles. The molecule has 0 saturated carbocycles. The molecular formula is C18H21FN2O3. The third-order valence-electron chi connectivity index (χ3n) is 3.79. The highest BCUT2D eigenvalue weighted by Gasteiger charge is 2.11. The molecule has 0 fully saturated rings. The SMILES string of the molecule is CC(CC(=O)NCc1cc(=O)c(O)cn1C)Cc1cccc(F)c1. The molecule has 0 aliphatic carbocycles. The summed E-state index contributed by atoms with van der Waals surface area (Å²) in [6.45, 7) is 2.14.